The van der Waals surface area contributed by atoms with Gasteiger partial charge in [0.25, 0.3) is 0 Å². The summed E-state index contributed by atoms with van der Waals surface area (Å²) in [5, 5.41) is 0. The Morgan fingerprint density at radius 1 is 1.24 bits per heavy atom. The monoisotopic (exact) mass is 253 g/mol. The Morgan fingerprint density at radius 2 is 1.88 bits per heavy atom. The fourth-order valence-corrected chi connectivity index (χ4v) is 2.36. The fraction of sp³-hybridized carbons (Fsp3) is 0.571. The van der Waals surface area contributed by atoms with Crippen LogP contribution in [0.25, 0.3) is 0 Å². The molecule has 0 aliphatic rings. The lowest BCUT2D eigenvalue weighted by molar-refractivity contribution is 0.314. The molecule has 0 amide bonds. The Balaban J connectivity index is 2.65. The van der Waals surface area contributed by atoms with Gasteiger partial charge in [-0.15, -0.1) is 0 Å². The molecule has 0 fully saturated rings. The highest BCUT2D eigenvalue weighted by molar-refractivity contribution is 7.98. The third-order valence-electron chi connectivity index (χ3n) is 2.69. The van der Waals surface area contributed by atoms with Gasteiger partial charge in [-0.1, -0.05) is 12.1 Å². The first kappa shape index (κ1) is 14.4. The molecule has 0 atom stereocenters. The van der Waals surface area contributed by atoms with Gasteiger partial charge in [-0.25, -0.2) is 0 Å². The van der Waals surface area contributed by atoms with Crippen molar-refractivity contribution in [1.82, 2.24) is 0 Å². The first-order valence-corrected chi connectivity index (χ1v) is 7.50. The molecular weight excluding hydrogens is 230 g/mol. The zero-order valence-electron chi connectivity index (χ0n) is 11.1. The van der Waals surface area contributed by atoms with Crippen molar-refractivity contribution in [3.63, 3.8) is 0 Å². The Morgan fingerprint density at radius 3 is 2.41 bits per heavy atom. The number of thioether (sulfide) groups is 1. The fourth-order valence-electron chi connectivity index (χ4n) is 1.96. The van der Waals surface area contributed by atoms with Crippen LogP contribution in [-0.4, -0.2) is 25.2 Å². The number of hydrogen-bond acceptors (Lipinski definition) is 3. The summed E-state index contributed by atoms with van der Waals surface area (Å²) in [5.74, 6) is 2.20. The van der Waals surface area contributed by atoms with E-state index in [-0.39, 0.29) is 0 Å². The molecule has 1 rings (SSSR count). The molecule has 0 saturated heterocycles. The molecule has 3 heteroatoms. The van der Waals surface area contributed by atoms with E-state index in [0.29, 0.717) is 6.54 Å². The Labute approximate surface area is 109 Å². The number of benzene rings is 1. The van der Waals surface area contributed by atoms with Crippen LogP contribution in [0, 0.1) is 13.8 Å². The van der Waals surface area contributed by atoms with E-state index in [2.05, 4.69) is 32.2 Å². The van der Waals surface area contributed by atoms with Gasteiger partial charge in [-0.2, -0.15) is 11.8 Å². The number of hydrogen-bond donors (Lipinski definition) is 1. The Hall–Kier alpha value is -0.670. The lowest BCUT2D eigenvalue weighted by atomic mass is 10.0. The molecule has 0 heterocycles. The third-order valence-corrected chi connectivity index (χ3v) is 3.39. The third kappa shape index (κ3) is 4.60. The van der Waals surface area contributed by atoms with Crippen molar-refractivity contribution in [2.45, 2.75) is 26.7 Å². The van der Waals surface area contributed by atoms with Crippen molar-refractivity contribution in [2.24, 2.45) is 5.73 Å². The molecule has 0 aliphatic heterocycles. The summed E-state index contributed by atoms with van der Waals surface area (Å²) in [6.45, 7) is 5.72. The molecule has 0 spiro atoms. The van der Waals surface area contributed by atoms with Crippen molar-refractivity contribution in [3.05, 3.63) is 28.8 Å². The van der Waals surface area contributed by atoms with Crippen molar-refractivity contribution < 1.29 is 4.74 Å². The van der Waals surface area contributed by atoms with E-state index < -0.39 is 0 Å². The van der Waals surface area contributed by atoms with Gasteiger partial charge in [0.05, 0.1) is 6.61 Å². The summed E-state index contributed by atoms with van der Waals surface area (Å²) in [4.78, 5) is 0. The average molecular weight is 253 g/mol. The minimum absolute atomic E-state index is 0.701. The first-order valence-electron chi connectivity index (χ1n) is 6.11. The number of ether oxygens (including phenoxy) is 1. The van der Waals surface area contributed by atoms with Gasteiger partial charge in [0.1, 0.15) is 5.75 Å². The van der Waals surface area contributed by atoms with Crippen LogP contribution in [0.4, 0.5) is 0 Å². The predicted octanol–water partition coefficient (Wildman–Crippen LogP) is 2.94. The summed E-state index contributed by atoms with van der Waals surface area (Å²) in [5.41, 5.74) is 9.32. The molecule has 1 aromatic carbocycles. The average Bonchev–Trinajstić information content (AvgIpc) is 2.27. The van der Waals surface area contributed by atoms with E-state index in [4.69, 9.17) is 10.5 Å². The van der Waals surface area contributed by atoms with Crippen molar-refractivity contribution in [1.29, 1.82) is 0 Å². The zero-order valence-corrected chi connectivity index (χ0v) is 11.9. The van der Waals surface area contributed by atoms with E-state index in [1.54, 1.807) is 0 Å². The second-order valence-electron chi connectivity index (χ2n) is 4.29. The maximum atomic E-state index is 5.86. The molecule has 2 nitrogen and oxygen atoms in total. The van der Waals surface area contributed by atoms with Crippen LogP contribution in [0.5, 0.6) is 5.75 Å². The van der Waals surface area contributed by atoms with Crippen molar-refractivity contribution >= 4 is 11.8 Å². The lowest BCUT2D eigenvalue weighted by Crippen LogP contribution is -2.05. The molecule has 2 N–H and O–H groups in total. The Bertz CT molecular complexity index is 329. The zero-order chi connectivity index (χ0) is 12.7. The molecule has 96 valence electrons. The SMILES string of the molecule is CSCCCOc1c(C)cc(CCN)cc1C. The van der Waals surface area contributed by atoms with Gasteiger partial charge in [0, 0.05) is 0 Å². The van der Waals surface area contributed by atoms with Gasteiger partial charge < -0.3 is 10.5 Å². The summed E-state index contributed by atoms with van der Waals surface area (Å²) in [7, 11) is 0. The molecule has 1 aromatic rings. The van der Waals surface area contributed by atoms with Crippen LogP contribution in [-0.2, 0) is 6.42 Å². The van der Waals surface area contributed by atoms with E-state index in [1.165, 1.54) is 16.7 Å². The number of rotatable bonds is 7. The van der Waals surface area contributed by atoms with Crippen LogP contribution in [0.1, 0.15) is 23.1 Å². The van der Waals surface area contributed by atoms with Gasteiger partial charge in [0.2, 0.25) is 0 Å². The molecule has 0 aliphatic carbocycles. The summed E-state index contributed by atoms with van der Waals surface area (Å²) in [6.07, 6.45) is 4.16. The Kier molecular flexibility index (Phi) is 6.45. The number of aryl methyl sites for hydroxylation is 2. The second-order valence-corrected chi connectivity index (χ2v) is 5.28. The van der Waals surface area contributed by atoms with Gasteiger partial charge in [0.15, 0.2) is 0 Å². The summed E-state index contributed by atoms with van der Waals surface area (Å²) in [6, 6.07) is 4.37. The van der Waals surface area contributed by atoms with Crippen molar-refractivity contribution in [3.8, 4) is 5.75 Å². The predicted molar refractivity (Wildman–Crippen MR) is 77.2 cm³/mol. The first-order chi connectivity index (χ1) is 8.19. The van der Waals surface area contributed by atoms with Crippen molar-refractivity contribution in [2.75, 3.05) is 25.2 Å². The van der Waals surface area contributed by atoms with E-state index in [9.17, 15) is 0 Å². The highest BCUT2D eigenvalue weighted by Gasteiger charge is 2.06. The van der Waals surface area contributed by atoms with Crippen LogP contribution in [0.15, 0.2) is 12.1 Å². The van der Waals surface area contributed by atoms with Gasteiger partial charge >= 0.3 is 0 Å². The molecule has 0 saturated carbocycles. The molecule has 0 radical (unpaired) electrons. The standard InChI is InChI=1S/C14H23NOS/c1-11-9-13(5-6-15)10-12(2)14(11)16-7-4-8-17-3/h9-10H,4-8,15H2,1-3H3. The molecule has 0 unspecified atom stereocenters. The second kappa shape index (κ2) is 7.62. The van der Waals surface area contributed by atoms with E-state index >= 15 is 0 Å². The smallest absolute Gasteiger partial charge is 0.125 e. The van der Waals surface area contributed by atoms with E-state index in [1.807, 2.05) is 11.8 Å². The molecular formula is C14H23NOS. The molecule has 17 heavy (non-hydrogen) atoms. The topological polar surface area (TPSA) is 35.2 Å². The van der Waals surface area contributed by atoms with Crippen LogP contribution in [0.3, 0.4) is 0 Å². The highest BCUT2D eigenvalue weighted by Crippen LogP contribution is 2.25. The summed E-state index contributed by atoms with van der Waals surface area (Å²) >= 11 is 1.86. The summed E-state index contributed by atoms with van der Waals surface area (Å²) < 4.78 is 5.86. The maximum absolute atomic E-state index is 5.86. The molecule has 0 aromatic heterocycles. The minimum atomic E-state index is 0.701. The normalized spacial score (nSPS) is 10.6. The maximum Gasteiger partial charge on any atom is 0.125 e. The van der Waals surface area contributed by atoms with Gasteiger partial charge in [-0.05, 0) is 61.9 Å². The highest BCUT2D eigenvalue weighted by atomic mass is 32.2. The van der Waals surface area contributed by atoms with Crippen LogP contribution in [0.2, 0.25) is 0 Å². The van der Waals surface area contributed by atoms with Crippen LogP contribution < -0.4 is 10.5 Å². The molecule has 0 bridgehead atoms. The minimum Gasteiger partial charge on any atom is -0.493 e. The van der Waals surface area contributed by atoms with Crippen LogP contribution >= 0.6 is 11.8 Å². The van der Waals surface area contributed by atoms with Gasteiger partial charge in [-0.3, -0.25) is 0 Å². The quantitative estimate of drug-likeness (QED) is 0.759. The van der Waals surface area contributed by atoms with E-state index in [0.717, 1.165) is 31.0 Å². The largest absolute Gasteiger partial charge is 0.493 e. The lowest BCUT2D eigenvalue weighted by Gasteiger charge is -2.13. The number of nitrogens with two attached hydrogens (primary N) is 1.